The molecule has 0 fully saturated rings. The predicted molar refractivity (Wildman–Crippen MR) is 109 cm³/mol. The lowest BCUT2D eigenvalue weighted by Gasteiger charge is -2.25. The smallest absolute Gasteiger partial charge is 0.257 e. The van der Waals surface area contributed by atoms with Crippen LogP contribution in [0.3, 0.4) is 0 Å². The van der Waals surface area contributed by atoms with Gasteiger partial charge >= 0.3 is 0 Å². The van der Waals surface area contributed by atoms with Gasteiger partial charge in [-0.25, -0.2) is 13.4 Å². The van der Waals surface area contributed by atoms with Crippen LogP contribution in [-0.2, 0) is 23.0 Å². The van der Waals surface area contributed by atoms with Crippen molar-refractivity contribution in [3.05, 3.63) is 76.3 Å². The van der Waals surface area contributed by atoms with Gasteiger partial charge in [-0.15, -0.1) is 11.3 Å². The molecular weight excluding hydrogens is 394 g/mol. The van der Waals surface area contributed by atoms with Gasteiger partial charge in [0.05, 0.1) is 17.1 Å². The molecule has 3 aromatic rings. The first-order valence-corrected chi connectivity index (χ1v) is 11.1. The van der Waals surface area contributed by atoms with Crippen molar-refractivity contribution >= 4 is 32.4 Å². The molecule has 0 saturated carbocycles. The Labute approximate surface area is 167 Å². The average molecular weight is 414 g/mol. The van der Waals surface area contributed by atoms with Crippen LogP contribution in [0, 0.1) is 6.92 Å². The van der Waals surface area contributed by atoms with Gasteiger partial charge in [-0.2, -0.15) is 4.31 Å². The van der Waals surface area contributed by atoms with Gasteiger partial charge in [0, 0.05) is 23.4 Å². The maximum atomic E-state index is 12.8. The third-order valence-electron chi connectivity index (χ3n) is 4.69. The molecule has 0 radical (unpaired) electrons. The van der Waals surface area contributed by atoms with Crippen LogP contribution in [0.25, 0.3) is 0 Å². The van der Waals surface area contributed by atoms with Crippen LogP contribution in [0.2, 0.25) is 0 Å². The molecule has 1 N–H and O–H groups in total. The molecule has 6 nitrogen and oxygen atoms in total. The van der Waals surface area contributed by atoms with Gasteiger partial charge in [0.1, 0.15) is 0 Å². The lowest BCUT2D eigenvalue weighted by Crippen LogP contribution is -2.35. The first-order valence-electron chi connectivity index (χ1n) is 8.86. The van der Waals surface area contributed by atoms with E-state index in [1.165, 1.54) is 15.6 Å². The monoisotopic (exact) mass is 413 g/mol. The Hall–Kier alpha value is -2.55. The summed E-state index contributed by atoms with van der Waals surface area (Å²) >= 11 is 1.33. The maximum absolute atomic E-state index is 12.8. The summed E-state index contributed by atoms with van der Waals surface area (Å²) in [6.07, 6.45) is 0.526. The molecule has 4 rings (SSSR count). The highest BCUT2D eigenvalue weighted by Crippen LogP contribution is 2.31. The summed E-state index contributed by atoms with van der Waals surface area (Å²) < 4.78 is 27.2. The van der Waals surface area contributed by atoms with E-state index in [1.54, 1.807) is 36.4 Å². The number of amides is 1. The van der Waals surface area contributed by atoms with Crippen molar-refractivity contribution in [2.45, 2.75) is 24.8 Å². The van der Waals surface area contributed by atoms with E-state index in [1.807, 2.05) is 25.1 Å². The summed E-state index contributed by atoms with van der Waals surface area (Å²) in [5, 5.41) is 3.34. The quantitative estimate of drug-likeness (QED) is 0.710. The number of carbonyl (C=O) groups is 1. The fourth-order valence-electron chi connectivity index (χ4n) is 3.16. The summed E-state index contributed by atoms with van der Waals surface area (Å²) in [4.78, 5) is 18.2. The number of thiazole rings is 1. The van der Waals surface area contributed by atoms with E-state index >= 15 is 0 Å². The lowest BCUT2D eigenvalue weighted by atomic mass is 10.1. The molecule has 0 atom stereocenters. The molecule has 144 valence electrons. The van der Waals surface area contributed by atoms with E-state index in [0.29, 0.717) is 23.7 Å². The van der Waals surface area contributed by atoms with E-state index < -0.39 is 10.0 Å². The zero-order valence-corrected chi connectivity index (χ0v) is 16.9. The molecule has 0 bridgehead atoms. The minimum Gasteiger partial charge on any atom is -0.298 e. The maximum Gasteiger partial charge on any atom is 0.257 e. The molecule has 1 aliphatic rings. The molecule has 28 heavy (non-hydrogen) atoms. The van der Waals surface area contributed by atoms with Gasteiger partial charge in [0.15, 0.2) is 5.13 Å². The first-order chi connectivity index (χ1) is 13.4. The molecule has 0 saturated heterocycles. The van der Waals surface area contributed by atoms with Crippen LogP contribution in [0.5, 0.6) is 0 Å². The Morgan fingerprint density at radius 3 is 2.57 bits per heavy atom. The molecule has 0 unspecified atom stereocenters. The van der Waals surface area contributed by atoms with Crippen molar-refractivity contribution in [3.63, 3.8) is 0 Å². The Kier molecular flexibility index (Phi) is 5.01. The van der Waals surface area contributed by atoms with Crippen molar-refractivity contribution in [1.82, 2.24) is 9.29 Å². The second-order valence-electron chi connectivity index (χ2n) is 6.56. The SMILES string of the molecule is Cc1ccccc1C(=O)Nc1nc2c(s1)CN(S(=O)(=O)c1ccccc1)CC2. The molecule has 0 aliphatic carbocycles. The van der Waals surface area contributed by atoms with Gasteiger partial charge in [0.25, 0.3) is 5.91 Å². The lowest BCUT2D eigenvalue weighted by molar-refractivity contribution is 0.102. The van der Waals surface area contributed by atoms with Crippen LogP contribution in [0.4, 0.5) is 5.13 Å². The number of anilines is 1. The van der Waals surface area contributed by atoms with Crippen LogP contribution in [0.15, 0.2) is 59.5 Å². The summed E-state index contributed by atoms with van der Waals surface area (Å²) in [7, 11) is -3.54. The predicted octanol–water partition coefficient (Wildman–Crippen LogP) is 3.45. The third kappa shape index (κ3) is 3.58. The van der Waals surface area contributed by atoms with E-state index in [9.17, 15) is 13.2 Å². The highest BCUT2D eigenvalue weighted by Gasteiger charge is 2.30. The second kappa shape index (κ2) is 7.46. The number of nitrogens with one attached hydrogen (secondary N) is 1. The fraction of sp³-hybridized carbons (Fsp3) is 0.200. The number of aromatic nitrogens is 1. The van der Waals surface area contributed by atoms with Crippen LogP contribution in [-0.4, -0.2) is 30.2 Å². The largest absolute Gasteiger partial charge is 0.298 e. The van der Waals surface area contributed by atoms with E-state index in [0.717, 1.165) is 16.1 Å². The van der Waals surface area contributed by atoms with Gasteiger partial charge < -0.3 is 0 Å². The minimum atomic E-state index is -3.54. The molecule has 0 spiro atoms. The molecular formula is C20H19N3O3S2. The average Bonchev–Trinajstić information content (AvgIpc) is 3.10. The summed E-state index contributed by atoms with van der Waals surface area (Å²) in [6.45, 7) is 2.53. The number of nitrogens with zero attached hydrogens (tertiary/aromatic N) is 2. The molecule has 1 amide bonds. The molecule has 1 aromatic heterocycles. The number of rotatable bonds is 4. The first kappa shape index (κ1) is 18.8. The number of fused-ring (bicyclic) bond motifs is 1. The molecule has 2 heterocycles. The Morgan fingerprint density at radius 2 is 1.82 bits per heavy atom. The minimum absolute atomic E-state index is 0.210. The van der Waals surface area contributed by atoms with Gasteiger partial charge in [-0.3, -0.25) is 10.1 Å². The number of carbonyl (C=O) groups excluding carboxylic acids is 1. The van der Waals surface area contributed by atoms with Crippen molar-refractivity contribution < 1.29 is 13.2 Å². The van der Waals surface area contributed by atoms with Gasteiger partial charge in [-0.05, 0) is 30.7 Å². The number of hydrogen-bond donors (Lipinski definition) is 1. The van der Waals surface area contributed by atoms with Crippen molar-refractivity contribution in [2.24, 2.45) is 0 Å². The Balaban J connectivity index is 1.53. The Morgan fingerprint density at radius 1 is 1.11 bits per heavy atom. The molecule has 1 aliphatic heterocycles. The number of hydrogen-bond acceptors (Lipinski definition) is 5. The zero-order chi connectivity index (χ0) is 19.7. The van der Waals surface area contributed by atoms with Crippen molar-refractivity contribution in [2.75, 3.05) is 11.9 Å². The highest BCUT2D eigenvalue weighted by atomic mass is 32.2. The molecule has 2 aromatic carbocycles. The van der Waals surface area contributed by atoms with Crippen LogP contribution in [0.1, 0.15) is 26.5 Å². The van der Waals surface area contributed by atoms with E-state index in [2.05, 4.69) is 10.3 Å². The number of sulfonamides is 1. The van der Waals surface area contributed by atoms with Crippen LogP contribution >= 0.6 is 11.3 Å². The standard InChI is InChI=1S/C20H19N3O3S2/c1-14-7-5-6-10-16(14)19(24)22-20-21-17-11-12-23(13-18(17)27-20)28(25,26)15-8-3-2-4-9-15/h2-10H,11-13H2,1H3,(H,21,22,24). The zero-order valence-electron chi connectivity index (χ0n) is 15.3. The van der Waals surface area contributed by atoms with Crippen LogP contribution < -0.4 is 5.32 Å². The van der Waals surface area contributed by atoms with E-state index in [-0.39, 0.29) is 17.3 Å². The molecule has 8 heteroatoms. The third-order valence-corrected chi connectivity index (χ3v) is 7.54. The Bertz CT molecular complexity index is 1120. The normalized spacial score (nSPS) is 14.5. The van der Waals surface area contributed by atoms with Crippen molar-refractivity contribution in [1.29, 1.82) is 0 Å². The van der Waals surface area contributed by atoms with E-state index in [4.69, 9.17) is 0 Å². The second-order valence-corrected chi connectivity index (χ2v) is 9.58. The topological polar surface area (TPSA) is 79.4 Å². The fourth-order valence-corrected chi connectivity index (χ4v) is 5.69. The van der Waals surface area contributed by atoms with Gasteiger partial charge in [-0.1, -0.05) is 36.4 Å². The number of aryl methyl sites for hydroxylation is 1. The highest BCUT2D eigenvalue weighted by molar-refractivity contribution is 7.89. The summed E-state index contributed by atoms with van der Waals surface area (Å²) in [5.41, 5.74) is 2.34. The summed E-state index contributed by atoms with van der Waals surface area (Å²) in [5.74, 6) is -0.210. The van der Waals surface area contributed by atoms with Crippen molar-refractivity contribution in [3.8, 4) is 0 Å². The summed E-state index contributed by atoms with van der Waals surface area (Å²) in [6, 6.07) is 15.8. The number of benzene rings is 2. The van der Waals surface area contributed by atoms with Gasteiger partial charge in [0.2, 0.25) is 10.0 Å².